The van der Waals surface area contributed by atoms with Gasteiger partial charge in [0.2, 0.25) is 11.8 Å². The fourth-order valence-electron chi connectivity index (χ4n) is 5.14. The molecule has 0 aromatic heterocycles. The number of hydrogen-bond acceptors (Lipinski definition) is 6. The number of anilines is 2. The average Bonchev–Trinajstić information content (AvgIpc) is 3.66. The topological polar surface area (TPSA) is 100 Å². The number of benzene rings is 1. The smallest absolute Gasteiger partial charge is 0.270 e. The maximum atomic E-state index is 13.9. The molecule has 1 aromatic carbocycles. The largest absolute Gasteiger partial charge is 0.476 e. The van der Waals surface area contributed by atoms with Crippen LogP contribution in [0.25, 0.3) is 0 Å². The van der Waals surface area contributed by atoms with Crippen molar-refractivity contribution in [3.8, 4) is 5.75 Å². The van der Waals surface area contributed by atoms with Gasteiger partial charge in [-0.25, -0.2) is 0 Å². The van der Waals surface area contributed by atoms with E-state index in [2.05, 4.69) is 10.6 Å². The second-order valence-corrected chi connectivity index (χ2v) is 12.0. The van der Waals surface area contributed by atoms with Gasteiger partial charge in [-0.05, 0) is 78.5 Å². The molecule has 1 saturated heterocycles. The lowest BCUT2D eigenvalue weighted by Crippen LogP contribution is -2.53. The molecular weight excluding hydrogens is 472 g/mol. The Hall–Kier alpha value is -2.65. The number of fused-ring (bicyclic) bond motifs is 1. The Balaban J connectivity index is 1.58. The van der Waals surface area contributed by atoms with Gasteiger partial charge in [0.05, 0.1) is 17.5 Å². The summed E-state index contributed by atoms with van der Waals surface area (Å²) in [6.07, 6.45) is 3.09. The van der Waals surface area contributed by atoms with E-state index in [-0.39, 0.29) is 41.1 Å². The number of methoxy groups -OCH3 is 1. The minimum absolute atomic E-state index is 0.0192. The van der Waals surface area contributed by atoms with Crippen molar-refractivity contribution in [1.29, 1.82) is 0 Å². The quantitative estimate of drug-likeness (QED) is 0.518. The fourth-order valence-corrected chi connectivity index (χ4v) is 5.14. The molecule has 9 nitrogen and oxygen atoms in total. The summed E-state index contributed by atoms with van der Waals surface area (Å²) in [5.41, 5.74) is 0.158. The highest BCUT2D eigenvalue weighted by Crippen LogP contribution is 2.43. The molecule has 2 aliphatic heterocycles. The first-order valence-corrected chi connectivity index (χ1v) is 13.4. The lowest BCUT2D eigenvalue weighted by molar-refractivity contribution is -0.132. The molecule has 2 N–H and O–H groups in total. The second-order valence-electron chi connectivity index (χ2n) is 12.0. The van der Waals surface area contributed by atoms with E-state index in [1.54, 1.807) is 25.9 Å². The van der Waals surface area contributed by atoms with Crippen LogP contribution in [0, 0.1) is 11.8 Å². The van der Waals surface area contributed by atoms with Gasteiger partial charge >= 0.3 is 0 Å². The highest BCUT2D eigenvalue weighted by atomic mass is 16.5. The van der Waals surface area contributed by atoms with Crippen molar-refractivity contribution in [2.45, 2.75) is 77.5 Å². The predicted molar refractivity (Wildman–Crippen MR) is 143 cm³/mol. The van der Waals surface area contributed by atoms with Crippen LogP contribution in [0.5, 0.6) is 5.75 Å². The third-order valence-electron chi connectivity index (χ3n) is 7.09. The second kappa shape index (κ2) is 10.6. The Morgan fingerprint density at radius 1 is 1.22 bits per heavy atom. The number of rotatable bonds is 8. The SMILES string of the molecule is COCCCN1C(=O)C(C)(C)Oc2ccc(N(C(=O)[C@H]3CNCC(C(=O)NC(C)(C)C)C3)C3CC3)cc21. The summed E-state index contributed by atoms with van der Waals surface area (Å²) >= 11 is 0. The molecule has 2 fully saturated rings. The van der Waals surface area contributed by atoms with Crippen LogP contribution in [0.4, 0.5) is 11.4 Å². The number of piperidine rings is 1. The Morgan fingerprint density at radius 2 is 1.92 bits per heavy atom. The number of carbonyl (C=O) groups is 3. The van der Waals surface area contributed by atoms with Gasteiger partial charge in [-0.2, -0.15) is 0 Å². The van der Waals surface area contributed by atoms with E-state index in [1.165, 1.54) is 0 Å². The van der Waals surface area contributed by atoms with E-state index in [4.69, 9.17) is 9.47 Å². The first-order chi connectivity index (χ1) is 17.4. The molecule has 0 bridgehead atoms. The molecule has 3 aliphatic rings. The Morgan fingerprint density at radius 3 is 2.57 bits per heavy atom. The molecule has 9 heteroatoms. The average molecular weight is 515 g/mol. The molecule has 0 radical (unpaired) electrons. The minimum atomic E-state index is -0.968. The Bertz CT molecular complexity index is 1030. The van der Waals surface area contributed by atoms with E-state index < -0.39 is 5.60 Å². The van der Waals surface area contributed by atoms with Crippen molar-refractivity contribution in [3.05, 3.63) is 18.2 Å². The zero-order chi connectivity index (χ0) is 27.0. The third kappa shape index (κ3) is 6.26. The van der Waals surface area contributed by atoms with Crippen molar-refractivity contribution < 1.29 is 23.9 Å². The number of nitrogens with one attached hydrogen (secondary N) is 2. The molecular formula is C28H42N4O5. The number of nitrogens with zero attached hydrogens (tertiary/aromatic N) is 2. The molecule has 1 saturated carbocycles. The van der Waals surface area contributed by atoms with E-state index in [0.717, 1.165) is 18.5 Å². The van der Waals surface area contributed by atoms with Gasteiger partial charge in [0.15, 0.2) is 5.60 Å². The van der Waals surface area contributed by atoms with E-state index in [9.17, 15) is 14.4 Å². The molecule has 1 aliphatic carbocycles. The molecule has 1 aromatic rings. The van der Waals surface area contributed by atoms with Crippen LogP contribution in [0.2, 0.25) is 0 Å². The van der Waals surface area contributed by atoms with Crippen molar-refractivity contribution in [2.75, 3.05) is 43.2 Å². The third-order valence-corrected chi connectivity index (χ3v) is 7.09. The van der Waals surface area contributed by atoms with Crippen LogP contribution in [-0.2, 0) is 19.1 Å². The monoisotopic (exact) mass is 514 g/mol. The van der Waals surface area contributed by atoms with Crippen LogP contribution >= 0.6 is 0 Å². The molecule has 37 heavy (non-hydrogen) atoms. The summed E-state index contributed by atoms with van der Waals surface area (Å²) in [4.78, 5) is 43.6. The molecule has 2 atom stereocenters. The van der Waals surface area contributed by atoms with Gasteiger partial charge in [-0.15, -0.1) is 0 Å². The van der Waals surface area contributed by atoms with Gasteiger partial charge in [0.1, 0.15) is 5.75 Å². The normalized spacial score (nSPS) is 23.2. The van der Waals surface area contributed by atoms with Gasteiger partial charge < -0.3 is 29.9 Å². The van der Waals surface area contributed by atoms with Crippen molar-refractivity contribution in [3.63, 3.8) is 0 Å². The minimum Gasteiger partial charge on any atom is -0.476 e. The van der Waals surface area contributed by atoms with Crippen LogP contribution in [0.3, 0.4) is 0 Å². The Labute approximate surface area is 220 Å². The lowest BCUT2D eigenvalue weighted by Gasteiger charge is -2.40. The molecule has 204 valence electrons. The van der Waals surface area contributed by atoms with Crippen LogP contribution < -0.4 is 25.2 Å². The Kier molecular flexibility index (Phi) is 7.85. The standard InChI is InChI=1S/C28H42N4O5/c1-27(2,3)30-24(33)18-14-19(17-29-16-18)25(34)32(20-8-9-20)21-10-11-23-22(15-21)31(12-7-13-36-6)26(35)28(4,5)37-23/h10-11,15,18-20,29H,7-9,12-14,16-17H2,1-6H3,(H,30,33)/t18?,19-/m1/s1. The van der Waals surface area contributed by atoms with Crippen molar-refractivity contribution in [1.82, 2.24) is 10.6 Å². The van der Waals surface area contributed by atoms with Gasteiger partial charge in [-0.1, -0.05) is 0 Å². The summed E-state index contributed by atoms with van der Waals surface area (Å²) in [6, 6.07) is 5.82. The van der Waals surface area contributed by atoms with Gasteiger partial charge in [0, 0.05) is 50.6 Å². The number of carbonyl (C=O) groups excluding carboxylic acids is 3. The summed E-state index contributed by atoms with van der Waals surface area (Å²) in [5.74, 6) is -0.0209. The van der Waals surface area contributed by atoms with Gasteiger partial charge in [0.25, 0.3) is 5.91 Å². The summed E-state index contributed by atoms with van der Waals surface area (Å²) in [6.45, 7) is 11.6. The number of amides is 3. The summed E-state index contributed by atoms with van der Waals surface area (Å²) in [5, 5.41) is 6.36. The molecule has 2 heterocycles. The maximum absolute atomic E-state index is 13.9. The molecule has 4 rings (SSSR count). The first-order valence-electron chi connectivity index (χ1n) is 13.4. The van der Waals surface area contributed by atoms with Crippen LogP contribution in [0.15, 0.2) is 18.2 Å². The zero-order valence-electron chi connectivity index (χ0n) is 23.1. The van der Waals surface area contributed by atoms with Crippen molar-refractivity contribution in [2.24, 2.45) is 11.8 Å². The zero-order valence-corrected chi connectivity index (χ0v) is 23.1. The van der Waals surface area contributed by atoms with E-state index in [1.807, 2.05) is 43.9 Å². The summed E-state index contributed by atoms with van der Waals surface area (Å²) < 4.78 is 11.3. The van der Waals surface area contributed by atoms with Gasteiger partial charge in [-0.3, -0.25) is 14.4 Å². The van der Waals surface area contributed by atoms with E-state index >= 15 is 0 Å². The van der Waals surface area contributed by atoms with Crippen LogP contribution in [-0.4, -0.2) is 68.3 Å². The maximum Gasteiger partial charge on any atom is 0.270 e. The first kappa shape index (κ1) is 27.4. The molecule has 3 amide bonds. The predicted octanol–water partition coefficient (Wildman–Crippen LogP) is 2.86. The highest BCUT2D eigenvalue weighted by molar-refractivity contribution is 6.04. The fraction of sp³-hybridized carbons (Fsp3) is 0.679. The summed E-state index contributed by atoms with van der Waals surface area (Å²) in [7, 11) is 1.65. The molecule has 0 spiro atoms. The lowest BCUT2D eigenvalue weighted by atomic mass is 9.88. The highest BCUT2D eigenvalue weighted by Gasteiger charge is 2.43. The van der Waals surface area contributed by atoms with Crippen molar-refractivity contribution >= 4 is 29.1 Å². The van der Waals surface area contributed by atoms with Crippen LogP contribution in [0.1, 0.15) is 60.3 Å². The number of hydrogen-bond donors (Lipinski definition) is 2. The van der Waals surface area contributed by atoms with E-state index in [0.29, 0.717) is 50.5 Å². The number of ether oxygens (including phenoxy) is 2. The molecule has 1 unspecified atom stereocenters.